The molecule has 1 saturated heterocycles. The van der Waals surface area contributed by atoms with E-state index in [-0.39, 0.29) is 19.1 Å². The Hall–Kier alpha value is -1.32. The van der Waals surface area contributed by atoms with E-state index in [4.69, 9.17) is 9.47 Å². The third-order valence-electron chi connectivity index (χ3n) is 2.49. The molecule has 0 saturated carbocycles. The van der Waals surface area contributed by atoms with Gasteiger partial charge in [0.1, 0.15) is 6.10 Å². The first-order chi connectivity index (χ1) is 7.06. The van der Waals surface area contributed by atoms with Crippen LogP contribution in [-0.4, -0.2) is 24.6 Å². The molecule has 0 amide bonds. The summed E-state index contributed by atoms with van der Waals surface area (Å²) in [5, 5.41) is 0. The summed E-state index contributed by atoms with van der Waals surface area (Å²) in [4.78, 5) is 23.4. The summed E-state index contributed by atoms with van der Waals surface area (Å²) >= 11 is 0. The van der Waals surface area contributed by atoms with E-state index in [0.717, 1.165) is 0 Å². The number of hydrogen-bond donors (Lipinski definition) is 0. The van der Waals surface area contributed by atoms with Crippen molar-refractivity contribution in [2.45, 2.75) is 32.8 Å². The normalized spacial score (nSPS) is 29.7. The Kier molecular flexibility index (Phi) is 3.50. The third-order valence-corrected chi connectivity index (χ3v) is 2.49. The van der Waals surface area contributed by atoms with E-state index in [0.29, 0.717) is 6.42 Å². The number of hydrogen-bond acceptors (Lipinski definition) is 4. The van der Waals surface area contributed by atoms with Crippen molar-refractivity contribution in [3.63, 3.8) is 0 Å². The molecule has 4 nitrogen and oxygen atoms in total. The first kappa shape index (κ1) is 11.8. The molecule has 0 bridgehead atoms. The van der Waals surface area contributed by atoms with Gasteiger partial charge in [0.2, 0.25) is 0 Å². The van der Waals surface area contributed by atoms with Crippen LogP contribution >= 0.6 is 0 Å². The van der Waals surface area contributed by atoms with Gasteiger partial charge in [-0.2, -0.15) is 0 Å². The molecule has 0 radical (unpaired) electrons. The second-order valence-electron chi connectivity index (χ2n) is 3.72. The van der Waals surface area contributed by atoms with Crippen molar-refractivity contribution in [3.05, 3.63) is 12.7 Å². The topological polar surface area (TPSA) is 52.6 Å². The molecule has 84 valence electrons. The zero-order valence-electron chi connectivity index (χ0n) is 9.12. The largest absolute Gasteiger partial charge is 0.465 e. The maximum atomic E-state index is 11.7. The fourth-order valence-corrected chi connectivity index (χ4v) is 1.84. The highest BCUT2D eigenvalue weighted by Crippen LogP contribution is 2.38. The van der Waals surface area contributed by atoms with Gasteiger partial charge in [-0.25, -0.2) is 0 Å². The molecule has 0 unspecified atom stereocenters. The van der Waals surface area contributed by atoms with Crippen molar-refractivity contribution in [2.24, 2.45) is 5.41 Å². The lowest BCUT2D eigenvalue weighted by Gasteiger charge is -2.20. The fraction of sp³-hybridized carbons (Fsp3) is 0.636. The first-order valence-corrected chi connectivity index (χ1v) is 5.06. The van der Waals surface area contributed by atoms with Crippen LogP contribution < -0.4 is 0 Å². The molecule has 1 rings (SSSR count). The van der Waals surface area contributed by atoms with E-state index in [1.807, 2.05) is 0 Å². The Morgan fingerprint density at radius 2 is 2.47 bits per heavy atom. The fourth-order valence-electron chi connectivity index (χ4n) is 1.84. The minimum Gasteiger partial charge on any atom is -0.465 e. The molecule has 1 aliphatic heterocycles. The predicted molar refractivity (Wildman–Crippen MR) is 54.1 cm³/mol. The Morgan fingerprint density at radius 3 is 2.87 bits per heavy atom. The molecule has 1 fully saturated rings. The summed E-state index contributed by atoms with van der Waals surface area (Å²) in [6.07, 6.45) is 1.96. The van der Waals surface area contributed by atoms with Gasteiger partial charge in [-0.1, -0.05) is 6.08 Å². The minimum atomic E-state index is -1.16. The molecule has 4 heteroatoms. The molecule has 0 spiro atoms. The van der Waals surface area contributed by atoms with Crippen LogP contribution in [-0.2, 0) is 19.1 Å². The van der Waals surface area contributed by atoms with Gasteiger partial charge in [-0.05, 0) is 20.3 Å². The summed E-state index contributed by atoms with van der Waals surface area (Å²) in [5.41, 5.74) is -1.16. The highest BCUT2D eigenvalue weighted by Gasteiger charge is 2.54. The smallest absolute Gasteiger partial charge is 0.324 e. The minimum absolute atomic E-state index is 0.234. The molecule has 0 aromatic rings. The lowest BCUT2D eigenvalue weighted by atomic mass is 9.81. The van der Waals surface area contributed by atoms with Gasteiger partial charge in [-0.3, -0.25) is 9.59 Å². The van der Waals surface area contributed by atoms with Crippen LogP contribution in [0.2, 0.25) is 0 Å². The van der Waals surface area contributed by atoms with Gasteiger partial charge in [-0.15, -0.1) is 6.58 Å². The van der Waals surface area contributed by atoms with Gasteiger partial charge in [0.25, 0.3) is 0 Å². The van der Waals surface area contributed by atoms with Gasteiger partial charge in [0.05, 0.1) is 6.61 Å². The molecule has 2 atom stereocenters. The SMILES string of the molecule is C=CC[C@]1(C(=O)OCC)C[C@@H](C)OC1=O. The number of carbonyl (C=O) groups excluding carboxylic acids is 2. The van der Waals surface area contributed by atoms with Gasteiger partial charge < -0.3 is 9.47 Å². The first-order valence-electron chi connectivity index (χ1n) is 5.06. The van der Waals surface area contributed by atoms with E-state index < -0.39 is 17.4 Å². The maximum Gasteiger partial charge on any atom is 0.324 e. The number of cyclic esters (lactones) is 1. The van der Waals surface area contributed by atoms with E-state index in [1.165, 1.54) is 0 Å². The summed E-state index contributed by atoms with van der Waals surface area (Å²) in [5.74, 6) is -0.993. The average molecular weight is 212 g/mol. The second kappa shape index (κ2) is 4.47. The van der Waals surface area contributed by atoms with Crippen molar-refractivity contribution < 1.29 is 19.1 Å². The van der Waals surface area contributed by atoms with Gasteiger partial charge in [0, 0.05) is 6.42 Å². The van der Waals surface area contributed by atoms with Crippen LogP contribution in [0.1, 0.15) is 26.7 Å². The zero-order chi connectivity index (χ0) is 11.5. The quantitative estimate of drug-likeness (QED) is 0.402. The lowest BCUT2D eigenvalue weighted by Crippen LogP contribution is -2.37. The van der Waals surface area contributed by atoms with Crippen molar-refractivity contribution in [2.75, 3.05) is 6.61 Å². The van der Waals surface area contributed by atoms with E-state index >= 15 is 0 Å². The number of ether oxygens (including phenoxy) is 2. The van der Waals surface area contributed by atoms with Crippen molar-refractivity contribution in [3.8, 4) is 0 Å². The molecular formula is C11H16O4. The molecule has 0 aliphatic carbocycles. The van der Waals surface area contributed by atoms with Crippen molar-refractivity contribution in [1.82, 2.24) is 0 Å². The zero-order valence-corrected chi connectivity index (χ0v) is 9.12. The van der Waals surface area contributed by atoms with Gasteiger partial charge >= 0.3 is 11.9 Å². The Labute approximate surface area is 89.2 Å². The van der Waals surface area contributed by atoms with Crippen LogP contribution in [0, 0.1) is 5.41 Å². The van der Waals surface area contributed by atoms with E-state index in [1.54, 1.807) is 19.9 Å². The summed E-state index contributed by atoms with van der Waals surface area (Å²) in [6, 6.07) is 0. The summed E-state index contributed by atoms with van der Waals surface area (Å²) < 4.78 is 9.92. The lowest BCUT2D eigenvalue weighted by molar-refractivity contribution is -0.164. The molecule has 1 heterocycles. The van der Waals surface area contributed by atoms with Gasteiger partial charge in [0.15, 0.2) is 5.41 Å². The number of esters is 2. The van der Waals surface area contributed by atoms with Crippen LogP contribution in [0.3, 0.4) is 0 Å². The summed E-state index contributed by atoms with van der Waals surface area (Å²) in [6.45, 7) is 7.30. The molecule has 0 aromatic carbocycles. The second-order valence-corrected chi connectivity index (χ2v) is 3.72. The van der Waals surface area contributed by atoms with Crippen LogP contribution in [0.4, 0.5) is 0 Å². The number of allylic oxidation sites excluding steroid dienone is 1. The Morgan fingerprint density at radius 1 is 1.80 bits per heavy atom. The van der Waals surface area contributed by atoms with Crippen LogP contribution in [0.15, 0.2) is 12.7 Å². The van der Waals surface area contributed by atoms with Crippen LogP contribution in [0.5, 0.6) is 0 Å². The van der Waals surface area contributed by atoms with Crippen LogP contribution in [0.25, 0.3) is 0 Å². The molecule has 1 aliphatic rings. The highest BCUT2D eigenvalue weighted by molar-refractivity contribution is 6.01. The number of rotatable bonds is 4. The van der Waals surface area contributed by atoms with E-state index in [9.17, 15) is 9.59 Å². The predicted octanol–water partition coefficient (Wildman–Crippen LogP) is 1.45. The van der Waals surface area contributed by atoms with E-state index in [2.05, 4.69) is 6.58 Å². The molecule has 0 N–H and O–H groups in total. The highest BCUT2D eigenvalue weighted by atomic mass is 16.6. The standard InChI is InChI=1S/C11H16O4/c1-4-6-11(9(12)14-5-2)7-8(3)15-10(11)13/h4,8H,1,5-7H2,2-3H3/t8-,11-/m1/s1. The molecule has 15 heavy (non-hydrogen) atoms. The Bertz CT molecular complexity index is 284. The Balaban J connectivity index is 2.92. The molecule has 0 aromatic heterocycles. The average Bonchev–Trinajstić information content (AvgIpc) is 2.43. The van der Waals surface area contributed by atoms with Crippen molar-refractivity contribution >= 4 is 11.9 Å². The maximum absolute atomic E-state index is 11.7. The van der Waals surface area contributed by atoms with Crippen molar-refractivity contribution in [1.29, 1.82) is 0 Å². The summed E-state index contributed by atoms with van der Waals surface area (Å²) in [7, 11) is 0. The monoisotopic (exact) mass is 212 g/mol. The third kappa shape index (κ3) is 2.03. The number of carbonyl (C=O) groups is 2. The molecular weight excluding hydrogens is 196 g/mol.